The van der Waals surface area contributed by atoms with E-state index >= 15 is 0 Å². The zero-order valence-electron chi connectivity index (χ0n) is 14.4. The van der Waals surface area contributed by atoms with Crippen molar-refractivity contribution in [3.8, 4) is 5.75 Å². The van der Waals surface area contributed by atoms with Gasteiger partial charge in [-0.25, -0.2) is 8.42 Å². The van der Waals surface area contributed by atoms with Crippen LogP contribution in [0.5, 0.6) is 5.75 Å². The molecule has 2 aromatic carbocycles. The highest BCUT2D eigenvalue weighted by atomic mass is 32.2. The number of benzene rings is 2. The molecule has 1 aliphatic rings. The molecule has 0 N–H and O–H groups in total. The Bertz CT molecular complexity index is 910. The van der Waals surface area contributed by atoms with Gasteiger partial charge in [-0.2, -0.15) is 0 Å². The number of ether oxygens (including phenoxy) is 1. The van der Waals surface area contributed by atoms with Gasteiger partial charge in [0.25, 0.3) is 10.0 Å². The number of sulfonamides is 1. The minimum Gasteiger partial charge on any atom is -0.497 e. The van der Waals surface area contributed by atoms with Gasteiger partial charge in [0.05, 0.1) is 24.2 Å². The molecular weight excluding hydrogens is 334 g/mol. The highest BCUT2D eigenvalue weighted by Gasteiger charge is 2.29. The molecule has 25 heavy (non-hydrogen) atoms. The van der Waals surface area contributed by atoms with Crippen LogP contribution in [0.1, 0.15) is 17.5 Å². The average molecular weight is 355 g/mol. The zero-order valence-corrected chi connectivity index (χ0v) is 15.2. The van der Waals surface area contributed by atoms with E-state index in [1.807, 2.05) is 49.4 Å². The summed E-state index contributed by atoms with van der Waals surface area (Å²) in [6.07, 6.45) is 2.58. The van der Waals surface area contributed by atoms with Crippen LogP contribution >= 0.6 is 0 Å². The summed E-state index contributed by atoms with van der Waals surface area (Å²) >= 11 is 0. The van der Waals surface area contributed by atoms with Crippen molar-refractivity contribution < 1.29 is 13.2 Å². The summed E-state index contributed by atoms with van der Waals surface area (Å²) in [4.78, 5) is 0.284. The third-order valence-electron chi connectivity index (χ3n) is 4.21. The third kappa shape index (κ3) is 3.46. The van der Waals surface area contributed by atoms with E-state index < -0.39 is 10.0 Å². The Morgan fingerprint density at radius 2 is 1.68 bits per heavy atom. The first-order valence-corrected chi connectivity index (χ1v) is 9.46. The van der Waals surface area contributed by atoms with E-state index in [0.717, 1.165) is 22.4 Å². The van der Waals surface area contributed by atoms with Crippen molar-refractivity contribution in [2.24, 2.45) is 0 Å². The molecule has 0 aromatic heterocycles. The molecule has 0 fully saturated rings. The monoisotopic (exact) mass is 355 g/mol. The molecule has 0 saturated heterocycles. The lowest BCUT2D eigenvalue weighted by Crippen LogP contribution is -2.33. The standard InChI is InChI=1S/C20H21NO3S/c1-15-4-11-19(12-5-15)25(22,23)21-14-16(2)6-13-20(21)17-7-9-18(24-3)10-8-17/h4-5,7-13H,2,6,14H2,1,3H3. The molecule has 0 radical (unpaired) electrons. The molecule has 0 amide bonds. The first-order valence-electron chi connectivity index (χ1n) is 8.02. The number of rotatable bonds is 4. The fourth-order valence-corrected chi connectivity index (χ4v) is 4.30. The largest absolute Gasteiger partial charge is 0.497 e. The van der Waals surface area contributed by atoms with E-state index in [4.69, 9.17) is 4.74 Å². The highest BCUT2D eigenvalue weighted by Crippen LogP contribution is 2.33. The summed E-state index contributed by atoms with van der Waals surface area (Å²) in [5.74, 6) is 0.734. The van der Waals surface area contributed by atoms with Gasteiger partial charge < -0.3 is 4.74 Å². The Kier molecular flexibility index (Phi) is 4.68. The predicted molar refractivity (Wildman–Crippen MR) is 99.8 cm³/mol. The average Bonchev–Trinajstić information content (AvgIpc) is 2.62. The van der Waals surface area contributed by atoms with Crippen molar-refractivity contribution in [3.63, 3.8) is 0 Å². The number of methoxy groups -OCH3 is 1. The quantitative estimate of drug-likeness (QED) is 0.779. The predicted octanol–water partition coefficient (Wildman–Crippen LogP) is 4.00. The van der Waals surface area contributed by atoms with Crippen LogP contribution < -0.4 is 4.74 Å². The molecule has 0 saturated carbocycles. The number of hydrogen-bond acceptors (Lipinski definition) is 3. The van der Waals surface area contributed by atoms with Crippen LogP contribution in [0.3, 0.4) is 0 Å². The maximum Gasteiger partial charge on any atom is 0.264 e. The van der Waals surface area contributed by atoms with Crippen molar-refractivity contribution >= 4 is 15.7 Å². The van der Waals surface area contributed by atoms with Gasteiger partial charge in [-0.3, -0.25) is 4.31 Å². The van der Waals surface area contributed by atoms with Crippen LogP contribution in [0.15, 0.2) is 71.7 Å². The van der Waals surface area contributed by atoms with Crippen LogP contribution in [-0.2, 0) is 10.0 Å². The van der Waals surface area contributed by atoms with Gasteiger partial charge >= 0.3 is 0 Å². The van der Waals surface area contributed by atoms with Gasteiger partial charge in [0.2, 0.25) is 0 Å². The number of aryl methyl sites for hydroxylation is 1. The second-order valence-electron chi connectivity index (χ2n) is 6.10. The van der Waals surface area contributed by atoms with Crippen molar-refractivity contribution in [2.45, 2.75) is 18.2 Å². The van der Waals surface area contributed by atoms with Gasteiger partial charge in [0, 0.05) is 0 Å². The fourth-order valence-electron chi connectivity index (χ4n) is 2.77. The van der Waals surface area contributed by atoms with Crippen LogP contribution in [0, 0.1) is 6.92 Å². The van der Waals surface area contributed by atoms with Crippen molar-refractivity contribution in [1.29, 1.82) is 0 Å². The fraction of sp³-hybridized carbons (Fsp3) is 0.200. The molecule has 4 nitrogen and oxygen atoms in total. The number of allylic oxidation sites excluding steroid dienone is 1. The Balaban J connectivity index is 2.04. The SMILES string of the molecule is C=C1CC=C(c2ccc(OC)cc2)N(S(=O)(=O)c2ccc(C)cc2)C1. The minimum atomic E-state index is -3.65. The maximum absolute atomic E-state index is 13.2. The summed E-state index contributed by atoms with van der Waals surface area (Å²) in [7, 11) is -2.05. The van der Waals surface area contributed by atoms with Gasteiger partial charge in [-0.15, -0.1) is 0 Å². The number of hydrogen-bond donors (Lipinski definition) is 0. The first kappa shape index (κ1) is 17.3. The van der Waals surface area contributed by atoms with E-state index in [1.54, 1.807) is 19.2 Å². The topological polar surface area (TPSA) is 46.6 Å². The molecule has 0 atom stereocenters. The molecule has 5 heteroatoms. The Hall–Kier alpha value is -2.53. The maximum atomic E-state index is 13.2. The molecule has 0 spiro atoms. The molecule has 3 rings (SSSR count). The van der Waals surface area contributed by atoms with Crippen LogP contribution in [-0.4, -0.2) is 26.4 Å². The lowest BCUT2D eigenvalue weighted by Gasteiger charge is -2.31. The smallest absolute Gasteiger partial charge is 0.264 e. The van der Waals surface area contributed by atoms with Crippen molar-refractivity contribution in [3.05, 3.63) is 77.9 Å². The summed E-state index contributed by atoms with van der Waals surface area (Å²) in [5, 5.41) is 0. The molecule has 0 unspecified atom stereocenters. The third-order valence-corrected chi connectivity index (χ3v) is 5.99. The van der Waals surface area contributed by atoms with Gasteiger partial charge in [0.15, 0.2) is 0 Å². The summed E-state index contributed by atoms with van der Waals surface area (Å²) in [6.45, 7) is 6.19. The molecule has 130 valence electrons. The summed E-state index contributed by atoms with van der Waals surface area (Å²) in [6, 6.07) is 14.3. The lowest BCUT2D eigenvalue weighted by molar-refractivity contribution is 0.414. The Labute approximate surface area is 149 Å². The number of nitrogens with zero attached hydrogens (tertiary/aromatic N) is 1. The van der Waals surface area contributed by atoms with Crippen molar-refractivity contribution in [2.75, 3.05) is 13.7 Å². The van der Waals surface area contributed by atoms with E-state index in [0.29, 0.717) is 12.1 Å². The normalized spacial score (nSPS) is 15.0. The van der Waals surface area contributed by atoms with Crippen LogP contribution in [0.25, 0.3) is 5.70 Å². The second kappa shape index (κ2) is 6.76. The highest BCUT2D eigenvalue weighted by molar-refractivity contribution is 7.89. The van der Waals surface area contributed by atoms with Crippen LogP contribution in [0.4, 0.5) is 0 Å². The van der Waals surface area contributed by atoms with E-state index in [-0.39, 0.29) is 11.4 Å². The Morgan fingerprint density at radius 1 is 1.04 bits per heavy atom. The zero-order chi connectivity index (χ0) is 18.0. The molecule has 1 aliphatic heterocycles. The molecule has 2 aromatic rings. The lowest BCUT2D eigenvalue weighted by atomic mass is 10.0. The van der Waals surface area contributed by atoms with E-state index in [1.165, 1.54) is 4.31 Å². The Morgan fingerprint density at radius 3 is 2.28 bits per heavy atom. The van der Waals surface area contributed by atoms with Gasteiger partial charge in [-0.1, -0.05) is 35.9 Å². The van der Waals surface area contributed by atoms with Crippen molar-refractivity contribution in [1.82, 2.24) is 4.31 Å². The second-order valence-corrected chi connectivity index (χ2v) is 7.96. The van der Waals surface area contributed by atoms with E-state index in [2.05, 4.69) is 6.58 Å². The molecular formula is C20H21NO3S. The molecule has 0 aliphatic carbocycles. The van der Waals surface area contributed by atoms with E-state index in [9.17, 15) is 8.42 Å². The van der Waals surface area contributed by atoms with Crippen LogP contribution in [0.2, 0.25) is 0 Å². The summed E-state index contributed by atoms with van der Waals surface area (Å²) < 4.78 is 33.0. The summed E-state index contributed by atoms with van der Waals surface area (Å²) in [5.41, 5.74) is 3.40. The molecule has 0 bridgehead atoms. The van der Waals surface area contributed by atoms with Gasteiger partial charge in [-0.05, 0) is 55.3 Å². The molecule has 1 heterocycles. The minimum absolute atomic E-state index is 0.284. The first-order chi connectivity index (χ1) is 11.9. The van der Waals surface area contributed by atoms with Gasteiger partial charge in [0.1, 0.15) is 5.75 Å².